The average molecular weight is 676 g/mol. The standard InChI is InChI=1S/C13H4B4N4S13/c1-6(24)9(27)10(28)7(25)2-3-16(17(18-5-23)14-19-21-20-15-32)34(33)13(31)12(30)11(29)8(26)4-22/h4H,1H3/b21-20+. The van der Waals surface area contributed by atoms with Crippen LogP contribution in [0.5, 0.6) is 0 Å². The van der Waals surface area contributed by atoms with Gasteiger partial charge in [-0.05, 0) is 0 Å². The first kappa shape index (κ1) is 34.6. The molecule has 0 rings (SSSR count). The molecule has 0 bridgehead atoms. The molecule has 4 nitrogen and oxygen atoms in total. The van der Waals surface area contributed by atoms with E-state index in [1.807, 2.05) is 0 Å². The van der Waals surface area contributed by atoms with E-state index in [1.54, 1.807) is 6.92 Å². The second kappa shape index (κ2) is 18.8. The molecule has 1 unspecified atom stereocenters. The summed E-state index contributed by atoms with van der Waals surface area (Å²) < 4.78 is 0.172. The fraction of sp³-hybridized carbons (Fsp3) is 0.0769. The van der Waals surface area contributed by atoms with Crippen molar-refractivity contribution in [1.82, 2.24) is 0 Å². The molecule has 0 aromatic heterocycles. The Balaban J connectivity index is 6.46. The molecule has 0 saturated heterocycles. The molecule has 0 aliphatic carbocycles. The quantitative estimate of drug-likeness (QED) is 0.0703. The summed E-state index contributed by atoms with van der Waals surface area (Å²) >= 11 is 61.9. The van der Waals surface area contributed by atoms with E-state index >= 15 is 0 Å². The minimum atomic E-state index is -1.24. The van der Waals surface area contributed by atoms with Crippen LogP contribution >= 0.6 is 134 Å². The number of hydrogen-bond donors (Lipinski definition) is 0. The van der Waals surface area contributed by atoms with Gasteiger partial charge >= 0.3 is 268 Å². The van der Waals surface area contributed by atoms with Crippen molar-refractivity contribution in [3.8, 4) is 11.7 Å². The summed E-state index contributed by atoms with van der Waals surface area (Å²) in [7, 11) is -1.24. The van der Waals surface area contributed by atoms with Crippen molar-refractivity contribution in [2.75, 3.05) is 0 Å². The molecular weight excluding hydrogens is 672 g/mol. The van der Waals surface area contributed by atoms with Crippen molar-refractivity contribution in [2.45, 2.75) is 6.92 Å². The van der Waals surface area contributed by atoms with Crippen molar-refractivity contribution < 1.29 is 0 Å². The van der Waals surface area contributed by atoms with Crippen molar-refractivity contribution in [3.63, 3.8) is 0 Å². The summed E-state index contributed by atoms with van der Waals surface area (Å²) in [6.45, 7) is 2.12. The minimum absolute atomic E-state index is 0.106. The first-order valence-corrected chi connectivity index (χ1v) is 14.9. The van der Waals surface area contributed by atoms with E-state index < -0.39 is 21.8 Å². The molecule has 0 aliphatic rings. The maximum atomic E-state index is 5.68. The van der Waals surface area contributed by atoms with Crippen LogP contribution in [0.25, 0.3) is 0 Å². The summed E-state index contributed by atoms with van der Waals surface area (Å²) in [6.07, 6.45) is 1.04. The van der Waals surface area contributed by atoms with Gasteiger partial charge < -0.3 is 0 Å². The van der Waals surface area contributed by atoms with Crippen molar-refractivity contribution in [3.05, 3.63) is 0 Å². The summed E-state index contributed by atoms with van der Waals surface area (Å²) in [5.41, 5.74) is 0. The fourth-order valence-electron chi connectivity index (χ4n) is 1.58. The topological polar surface area (TPSA) is 49.4 Å². The van der Waals surface area contributed by atoms with Crippen LogP contribution in [0.1, 0.15) is 6.92 Å². The number of isothiocyanates is 1. The van der Waals surface area contributed by atoms with Crippen LogP contribution in [0, 0.1) is 11.7 Å². The normalized spacial score (nSPS) is 10.3. The fourth-order valence-corrected chi connectivity index (χ4v) is 5.84. The molecule has 0 heterocycles. The van der Waals surface area contributed by atoms with Gasteiger partial charge in [0.25, 0.3) is 0 Å². The Morgan fingerprint density at radius 3 is 2.09 bits per heavy atom. The summed E-state index contributed by atoms with van der Waals surface area (Å²) in [5, 5.41) is 14.3. The Hall–Kier alpha value is 0.620. The Kier molecular flexibility index (Phi) is 19.1. The van der Waals surface area contributed by atoms with Crippen LogP contribution in [0.2, 0.25) is 0 Å². The van der Waals surface area contributed by atoms with Gasteiger partial charge in [-0.1, -0.05) is 0 Å². The van der Waals surface area contributed by atoms with Gasteiger partial charge in [-0.3, -0.25) is 0 Å². The molecule has 0 fully saturated rings. The van der Waals surface area contributed by atoms with E-state index in [2.05, 4.69) is 49.1 Å². The van der Waals surface area contributed by atoms with Crippen LogP contribution in [0.4, 0.5) is 0 Å². The first-order chi connectivity index (χ1) is 15.9. The van der Waals surface area contributed by atoms with Gasteiger partial charge in [-0.15, -0.1) is 0 Å². The van der Waals surface area contributed by atoms with E-state index in [-0.39, 0.29) is 33.4 Å². The summed E-state index contributed by atoms with van der Waals surface area (Å²) in [6, 6.07) is 0. The zero-order chi connectivity index (χ0) is 26.4. The van der Waals surface area contributed by atoms with E-state index in [0.717, 1.165) is 6.29 Å². The Morgan fingerprint density at radius 2 is 1.59 bits per heavy atom. The molecule has 0 radical (unpaired) electrons. The number of nitrogens with zero attached hydrogens (tertiary/aromatic N) is 4. The Morgan fingerprint density at radius 1 is 0.971 bits per heavy atom. The number of hydrogen-bond acceptors (Lipinski definition) is 14. The van der Waals surface area contributed by atoms with Crippen LogP contribution in [0.3, 0.4) is 0 Å². The predicted octanol–water partition coefficient (Wildman–Crippen LogP) is 4.19. The van der Waals surface area contributed by atoms with Crippen LogP contribution in [-0.4, -0.2) is 74.5 Å². The van der Waals surface area contributed by atoms with Gasteiger partial charge in [0, 0.05) is 0 Å². The predicted molar refractivity (Wildman–Crippen MR) is 196 cm³/mol. The molecule has 0 spiro atoms. The van der Waals surface area contributed by atoms with Crippen molar-refractivity contribution in [1.29, 1.82) is 0 Å². The molecule has 0 aliphatic heterocycles. The second-order valence-electron chi connectivity index (χ2n) is 5.24. The molecule has 21 heteroatoms. The molecule has 1 atom stereocenters. The Bertz CT molecular complexity index is 1200. The van der Waals surface area contributed by atoms with Gasteiger partial charge in [0.1, 0.15) is 0 Å². The van der Waals surface area contributed by atoms with E-state index in [9.17, 15) is 0 Å². The van der Waals surface area contributed by atoms with Crippen LogP contribution in [-0.2, 0) is 20.5 Å². The number of rotatable bonds is 13. The molecule has 0 N–H and O–H groups in total. The number of thiocarbonyl (C=S) groups is 10. The summed E-state index contributed by atoms with van der Waals surface area (Å²) in [5.74, 6) is 4.93. The van der Waals surface area contributed by atoms with Crippen LogP contribution < -0.4 is 0 Å². The Labute approximate surface area is 264 Å². The zero-order valence-electron chi connectivity index (χ0n) is 16.5. The molecule has 166 valence electrons. The third-order valence-electron chi connectivity index (χ3n) is 3.08. The van der Waals surface area contributed by atoms with Gasteiger partial charge in [-0.25, -0.2) is 0 Å². The third-order valence-corrected chi connectivity index (χ3v) is 10.8. The third kappa shape index (κ3) is 11.8. The average Bonchev–Trinajstić information content (AvgIpc) is 2.82. The molecule has 0 aromatic carbocycles. The second-order valence-corrected chi connectivity index (χ2v) is 12.2. The monoisotopic (exact) mass is 676 g/mol. The van der Waals surface area contributed by atoms with Gasteiger partial charge in [0.05, 0.1) is 0 Å². The SMILES string of the molecule is CC(=S)C(=S)C(=S)C(=S)C#CB(B(/B=N/N=N/B=S)N=C=S)S(=S)C(=S)C(=S)C(=S)C(=S)C=S. The molecule has 0 amide bonds. The van der Waals surface area contributed by atoms with Gasteiger partial charge in [0.15, 0.2) is 0 Å². The van der Waals surface area contributed by atoms with E-state index in [1.165, 1.54) is 12.3 Å². The molecular formula is C13H4B4N4S13. The summed E-state index contributed by atoms with van der Waals surface area (Å²) in [4.78, 5) is 5.54. The maximum absolute atomic E-state index is 5.68. The van der Waals surface area contributed by atoms with Gasteiger partial charge in [0.2, 0.25) is 0 Å². The van der Waals surface area contributed by atoms with E-state index in [4.69, 9.17) is 133 Å². The van der Waals surface area contributed by atoms with Crippen LogP contribution in [0.15, 0.2) is 20.2 Å². The zero-order valence-corrected chi connectivity index (χ0v) is 27.1. The van der Waals surface area contributed by atoms with E-state index in [0.29, 0.717) is 4.86 Å². The van der Waals surface area contributed by atoms with Gasteiger partial charge in [-0.2, -0.15) is 0 Å². The molecule has 0 saturated carbocycles. The molecule has 34 heavy (non-hydrogen) atoms. The van der Waals surface area contributed by atoms with Crippen molar-refractivity contribution in [2.24, 2.45) is 20.2 Å². The first-order valence-electron chi connectivity index (χ1n) is 8.06. The molecule has 0 aromatic rings. The van der Waals surface area contributed by atoms with Crippen molar-refractivity contribution >= 4 is 229 Å².